The molecule has 2 aromatic carbocycles. The second kappa shape index (κ2) is 6.08. The van der Waals surface area contributed by atoms with Crippen LogP contribution in [0.3, 0.4) is 0 Å². The summed E-state index contributed by atoms with van der Waals surface area (Å²) in [6, 6.07) is 11.1. The van der Waals surface area contributed by atoms with Gasteiger partial charge in [0.25, 0.3) is 5.91 Å². The molecule has 0 spiro atoms. The van der Waals surface area contributed by atoms with Crippen molar-refractivity contribution in [3.05, 3.63) is 59.4 Å². The molecule has 1 heterocycles. The molecule has 23 heavy (non-hydrogen) atoms. The summed E-state index contributed by atoms with van der Waals surface area (Å²) in [6.07, 6.45) is 0. The summed E-state index contributed by atoms with van der Waals surface area (Å²) in [4.78, 5) is 25.4. The van der Waals surface area contributed by atoms with Gasteiger partial charge in [-0.15, -0.1) is 0 Å². The number of benzene rings is 2. The van der Waals surface area contributed by atoms with Gasteiger partial charge < -0.3 is 10.6 Å². The van der Waals surface area contributed by atoms with Gasteiger partial charge in [0.15, 0.2) is 0 Å². The van der Waals surface area contributed by atoms with E-state index in [1.165, 1.54) is 12.1 Å². The number of carbonyl (C=O) groups is 2. The zero-order valence-electron chi connectivity index (χ0n) is 12.6. The van der Waals surface area contributed by atoms with Gasteiger partial charge in [0.2, 0.25) is 0 Å². The molecule has 3 rings (SSSR count). The van der Waals surface area contributed by atoms with Gasteiger partial charge in [-0.25, -0.2) is 9.18 Å². The van der Waals surface area contributed by atoms with Crippen LogP contribution in [0, 0.1) is 12.7 Å². The second-order valence-corrected chi connectivity index (χ2v) is 5.37. The summed E-state index contributed by atoms with van der Waals surface area (Å²) >= 11 is 0. The molecule has 0 aliphatic carbocycles. The number of carbonyl (C=O) groups excluding carboxylic acids is 2. The number of anilines is 2. The number of rotatable bonds is 3. The van der Waals surface area contributed by atoms with Crippen molar-refractivity contribution in [3.63, 3.8) is 0 Å². The van der Waals surface area contributed by atoms with Crippen molar-refractivity contribution < 1.29 is 14.0 Å². The number of hydrogen-bond donors (Lipinski definition) is 2. The fourth-order valence-corrected chi connectivity index (χ4v) is 2.43. The predicted octanol–water partition coefficient (Wildman–Crippen LogP) is 2.92. The Balaban J connectivity index is 1.74. The van der Waals surface area contributed by atoms with E-state index in [2.05, 4.69) is 10.6 Å². The van der Waals surface area contributed by atoms with Gasteiger partial charge in [0.05, 0.1) is 5.69 Å². The van der Waals surface area contributed by atoms with E-state index in [0.29, 0.717) is 18.7 Å². The van der Waals surface area contributed by atoms with E-state index in [1.807, 2.05) is 0 Å². The lowest BCUT2D eigenvalue weighted by atomic mass is 10.1. The van der Waals surface area contributed by atoms with Gasteiger partial charge >= 0.3 is 6.03 Å². The molecule has 0 radical (unpaired) electrons. The zero-order valence-corrected chi connectivity index (χ0v) is 12.6. The molecule has 0 aromatic heterocycles. The molecule has 1 aliphatic heterocycles. The fourth-order valence-electron chi connectivity index (χ4n) is 2.43. The maximum atomic E-state index is 13.8. The second-order valence-electron chi connectivity index (χ2n) is 5.37. The molecular weight excluding hydrogens is 297 g/mol. The van der Waals surface area contributed by atoms with E-state index in [0.717, 1.165) is 11.3 Å². The molecule has 6 heteroatoms. The molecule has 2 N–H and O–H groups in total. The van der Waals surface area contributed by atoms with Crippen molar-refractivity contribution in [2.24, 2.45) is 0 Å². The Morgan fingerprint density at radius 2 is 1.96 bits per heavy atom. The largest absolute Gasteiger partial charge is 0.336 e. The predicted molar refractivity (Wildman–Crippen MR) is 86.3 cm³/mol. The lowest BCUT2D eigenvalue weighted by molar-refractivity contribution is 0.102. The Hall–Kier alpha value is -2.89. The number of nitrogens with one attached hydrogen (secondary N) is 2. The van der Waals surface area contributed by atoms with Crippen LogP contribution in [-0.4, -0.2) is 25.0 Å². The zero-order chi connectivity index (χ0) is 16.4. The van der Waals surface area contributed by atoms with Crippen molar-refractivity contribution in [2.75, 3.05) is 23.3 Å². The highest BCUT2D eigenvalue weighted by atomic mass is 19.1. The van der Waals surface area contributed by atoms with Gasteiger partial charge in [-0.3, -0.25) is 9.69 Å². The van der Waals surface area contributed by atoms with Crippen LogP contribution in [0.1, 0.15) is 15.9 Å². The van der Waals surface area contributed by atoms with Crippen LogP contribution in [-0.2, 0) is 0 Å². The lowest BCUT2D eigenvalue weighted by Crippen LogP contribution is -2.27. The van der Waals surface area contributed by atoms with Crippen LogP contribution in [0.4, 0.5) is 20.6 Å². The molecule has 1 fully saturated rings. The van der Waals surface area contributed by atoms with E-state index in [-0.39, 0.29) is 11.7 Å². The standard InChI is InChI=1S/C17H16FN3O2/c1-11-2-7-15(14(18)10-11)20-16(22)12-3-5-13(6-4-12)21-9-8-19-17(21)23/h2-7,10H,8-9H2,1H3,(H,19,23)(H,20,22). The van der Waals surface area contributed by atoms with Gasteiger partial charge in [-0.1, -0.05) is 6.07 Å². The fraction of sp³-hybridized carbons (Fsp3) is 0.176. The normalized spacial score (nSPS) is 13.8. The maximum absolute atomic E-state index is 13.8. The van der Waals surface area contributed by atoms with Crippen LogP contribution in [0.2, 0.25) is 0 Å². The first-order valence-electron chi connectivity index (χ1n) is 7.27. The highest BCUT2D eigenvalue weighted by Gasteiger charge is 2.21. The van der Waals surface area contributed by atoms with Crippen LogP contribution < -0.4 is 15.5 Å². The number of amides is 3. The minimum Gasteiger partial charge on any atom is -0.336 e. The highest BCUT2D eigenvalue weighted by molar-refractivity contribution is 6.04. The molecule has 0 bridgehead atoms. The summed E-state index contributed by atoms with van der Waals surface area (Å²) in [5.74, 6) is -0.867. The molecule has 0 saturated carbocycles. The van der Waals surface area contributed by atoms with Crippen molar-refractivity contribution >= 4 is 23.3 Å². The van der Waals surface area contributed by atoms with Crippen LogP contribution >= 0.6 is 0 Å². The number of aryl methyl sites for hydroxylation is 1. The average Bonchev–Trinajstić information content (AvgIpc) is 2.96. The van der Waals surface area contributed by atoms with Crippen LogP contribution in [0.25, 0.3) is 0 Å². The van der Waals surface area contributed by atoms with E-state index < -0.39 is 11.7 Å². The summed E-state index contributed by atoms with van der Waals surface area (Å²) in [6.45, 7) is 2.98. The maximum Gasteiger partial charge on any atom is 0.321 e. The molecule has 1 aliphatic rings. The van der Waals surface area contributed by atoms with Crippen LogP contribution in [0.15, 0.2) is 42.5 Å². The Morgan fingerprint density at radius 3 is 2.57 bits per heavy atom. The SMILES string of the molecule is Cc1ccc(NC(=O)c2ccc(N3CCNC3=O)cc2)c(F)c1. The smallest absolute Gasteiger partial charge is 0.321 e. The third kappa shape index (κ3) is 3.15. The molecule has 1 saturated heterocycles. The molecule has 2 aromatic rings. The van der Waals surface area contributed by atoms with Gasteiger partial charge in [-0.2, -0.15) is 0 Å². The summed E-state index contributed by atoms with van der Waals surface area (Å²) in [5, 5.41) is 5.26. The number of nitrogens with zero attached hydrogens (tertiary/aromatic N) is 1. The van der Waals surface area contributed by atoms with Gasteiger partial charge in [0, 0.05) is 24.3 Å². The van der Waals surface area contributed by atoms with E-state index in [1.54, 1.807) is 42.2 Å². The van der Waals surface area contributed by atoms with Crippen molar-refractivity contribution in [1.82, 2.24) is 5.32 Å². The Bertz CT molecular complexity index is 759. The number of hydrogen-bond acceptors (Lipinski definition) is 2. The number of urea groups is 1. The van der Waals surface area contributed by atoms with Crippen molar-refractivity contribution in [1.29, 1.82) is 0 Å². The molecule has 118 valence electrons. The third-order valence-corrected chi connectivity index (χ3v) is 3.67. The topological polar surface area (TPSA) is 61.4 Å². The van der Waals surface area contributed by atoms with Crippen molar-refractivity contribution in [3.8, 4) is 0 Å². The minimum absolute atomic E-state index is 0.142. The van der Waals surface area contributed by atoms with E-state index >= 15 is 0 Å². The monoisotopic (exact) mass is 313 g/mol. The molecule has 0 atom stereocenters. The molecular formula is C17H16FN3O2. The van der Waals surface area contributed by atoms with E-state index in [9.17, 15) is 14.0 Å². The lowest BCUT2D eigenvalue weighted by Gasteiger charge is -2.14. The first kappa shape index (κ1) is 15.0. The minimum atomic E-state index is -0.469. The van der Waals surface area contributed by atoms with Crippen LogP contribution in [0.5, 0.6) is 0 Å². The molecule has 3 amide bonds. The Morgan fingerprint density at radius 1 is 1.22 bits per heavy atom. The first-order valence-corrected chi connectivity index (χ1v) is 7.27. The Kier molecular flexibility index (Phi) is 3.97. The molecule has 5 nitrogen and oxygen atoms in total. The Labute approximate surface area is 133 Å². The first-order chi connectivity index (χ1) is 11.0. The van der Waals surface area contributed by atoms with Crippen molar-refractivity contribution in [2.45, 2.75) is 6.92 Å². The third-order valence-electron chi connectivity index (χ3n) is 3.67. The quantitative estimate of drug-likeness (QED) is 0.915. The highest BCUT2D eigenvalue weighted by Crippen LogP contribution is 2.19. The molecule has 0 unspecified atom stereocenters. The number of halogens is 1. The summed E-state index contributed by atoms with van der Waals surface area (Å²) in [5.41, 5.74) is 2.05. The van der Waals surface area contributed by atoms with E-state index in [4.69, 9.17) is 0 Å². The summed E-state index contributed by atoms with van der Waals surface area (Å²) < 4.78 is 13.8. The van der Waals surface area contributed by atoms with Gasteiger partial charge in [0.1, 0.15) is 5.82 Å². The van der Waals surface area contributed by atoms with Gasteiger partial charge in [-0.05, 0) is 48.9 Å². The summed E-state index contributed by atoms with van der Waals surface area (Å²) in [7, 11) is 0. The average molecular weight is 313 g/mol.